The molecule has 0 saturated carbocycles. The number of hydrogen-bond donors (Lipinski definition) is 1. The summed E-state index contributed by atoms with van der Waals surface area (Å²) in [7, 11) is 0. The van der Waals surface area contributed by atoms with E-state index in [-0.39, 0.29) is 11.9 Å². The molecular weight excluding hydrogens is 356 g/mol. The van der Waals surface area contributed by atoms with Gasteiger partial charge in [-0.1, -0.05) is 36.8 Å². The number of nitrogens with zero attached hydrogens (tertiary/aromatic N) is 3. The second-order valence-corrected chi connectivity index (χ2v) is 8.62. The number of nitrogens with one attached hydrogen (secondary N) is 1. The first-order valence-electron chi connectivity index (χ1n) is 10.0. The summed E-state index contributed by atoms with van der Waals surface area (Å²) in [5.74, 6) is 2.26. The van der Waals surface area contributed by atoms with E-state index in [0.717, 1.165) is 42.3 Å². The van der Waals surface area contributed by atoms with Gasteiger partial charge in [0.2, 0.25) is 0 Å². The van der Waals surface area contributed by atoms with Crippen LogP contribution in [0, 0.1) is 0 Å². The van der Waals surface area contributed by atoms with Crippen molar-refractivity contribution in [3.8, 4) is 11.3 Å². The Bertz CT molecular complexity index is 742. The molecule has 1 atom stereocenters. The molecule has 2 saturated heterocycles. The SMILES string of the molecule is O=C(c1cc(-c2ccccc2)n[nH]1)N1CCCSCC1CN1CCCCC1. The molecule has 1 aromatic carbocycles. The number of aromatic nitrogens is 2. The van der Waals surface area contributed by atoms with Crippen molar-refractivity contribution in [2.24, 2.45) is 0 Å². The fourth-order valence-corrected chi connectivity index (χ4v) is 5.09. The zero-order valence-electron chi connectivity index (χ0n) is 15.8. The molecule has 2 aliphatic rings. The van der Waals surface area contributed by atoms with Crippen LogP contribution in [0.4, 0.5) is 0 Å². The Morgan fingerprint density at radius 1 is 1.11 bits per heavy atom. The predicted molar refractivity (Wildman–Crippen MR) is 111 cm³/mol. The van der Waals surface area contributed by atoms with E-state index < -0.39 is 0 Å². The quantitative estimate of drug-likeness (QED) is 0.876. The van der Waals surface area contributed by atoms with Gasteiger partial charge in [-0.2, -0.15) is 16.9 Å². The van der Waals surface area contributed by atoms with E-state index in [9.17, 15) is 4.79 Å². The summed E-state index contributed by atoms with van der Waals surface area (Å²) in [5.41, 5.74) is 2.46. The van der Waals surface area contributed by atoms with E-state index in [1.807, 2.05) is 48.2 Å². The van der Waals surface area contributed by atoms with Crippen molar-refractivity contribution < 1.29 is 4.79 Å². The van der Waals surface area contributed by atoms with Crippen molar-refractivity contribution >= 4 is 17.7 Å². The standard InChI is InChI=1S/C21H28N4OS/c26-21(20-14-19(22-23-20)17-8-3-1-4-9-17)25-12-7-13-27-16-18(25)15-24-10-5-2-6-11-24/h1,3-4,8-9,14,18H,2,5-7,10-13,15-16H2,(H,22,23). The number of hydrogen-bond acceptors (Lipinski definition) is 4. The molecule has 0 spiro atoms. The Hall–Kier alpha value is -1.79. The zero-order chi connectivity index (χ0) is 18.5. The van der Waals surface area contributed by atoms with Gasteiger partial charge in [0, 0.05) is 24.4 Å². The molecule has 4 rings (SSSR count). The lowest BCUT2D eigenvalue weighted by Crippen LogP contribution is -2.49. The fraction of sp³-hybridized carbons (Fsp3) is 0.524. The van der Waals surface area contributed by atoms with E-state index in [1.54, 1.807) is 0 Å². The topological polar surface area (TPSA) is 52.2 Å². The largest absolute Gasteiger partial charge is 0.332 e. The van der Waals surface area contributed by atoms with Gasteiger partial charge < -0.3 is 9.80 Å². The minimum absolute atomic E-state index is 0.0918. The molecule has 1 unspecified atom stereocenters. The number of H-pyrrole nitrogens is 1. The van der Waals surface area contributed by atoms with E-state index in [0.29, 0.717) is 5.69 Å². The first-order valence-corrected chi connectivity index (χ1v) is 11.2. The second kappa shape index (κ2) is 8.93. The molecule has 0 radical (unpaired) electrons. The van der Waals surface area contributed by atoms with E-state index in [2.05, 4.69) is 20.0 Å². The van der Waals surface area contributed by atoms with Gasteiger partial charge in [-0.3, -0.25) is 9.89 Å². The van der Waals surface area contributed by atoms with E-state index in [4.69, 9.17) is 0 Å². The lowest BCUT2D eigenvalue weighted by Gasteiger charge is -2.35. The maximum Gasteiger partial charge on any atom is 0.272 e. The van der Waals surface area contributed by atoms with Crippen molar-refractivity contribution in [2.45, 2.75) is 31.7 Å². The molecule has 1 amide bonds. The Balaban J connectivity index is 1.50. The van der Waals surface area contributed by atoms with Crippen molar-refractivity contribution in [3.63, 3.8) is 0 Å². The molecule has 6 heteroatoms. The van der Waals surface area contributed by atoms with Crippen LogP contribution in [0.5, 0.6) is 0 Å². The Morgan fingerprint density at radius 3 is 2.74 bits per heavy atom. The molecule has 2 aliphatic heterocycles. The average molecular weight is 385 g/mol. The minimum Gasteiger partial charge on any atom is -0.332 e. The van der Waals surface area contributed by atoms with Gasteiger partial charge in [-0.15, -0.1) is 0 Å². The Labute approximate surface area is 165 Å². The zero-order valence-corrected chi connectivity index (χ0v) is 16.6. The molecule has 5 nitrogen and oxygen atoms in total. The number of amides is 1. The highest BCUT2D eigenvalue weighted by Gasteiger charge is 2.29. The van der Waals surface area contributed by atoms with Gasteiger partial charge in [-0.25, -0.2) is 0 Å². The van der Waals surface area contributed by atoms with Crippen LogP contribution in [0.3, 0.4) is 0 Å². The highest BCUT2D eigenvalue weighted by Crippen LogP contribution is 2.23. The number of likely N-dealkylation sites (tertiary alicyclic amines) is 1. The lowest BCUT2D eigenvalue weighted by molar-refractivity contribution is 0.0639. The Morgan fingerprint density at radius 2 is 1.93 bits per heavy atom. The summed E-state index contributed by atoms with van der Waals surface area (Å²) in [6.07, 6.45) is 4.98. The predicted octanol–water partition coefficient (Wildman–Crippen LogP) is 3.51. The molecule has 144 valence electrons. The summed E-state index contributed by atoms with van der Waals surface area (Å²) < 4.78 is 0. The lowest BCUT2D eigenvalue weighted by atomic mass is 10.1. The number of piperidine rings is 1. The average Bonchev–Trinajstić information content (AvgIpc) is 3.10. The van der Waals surface area contributed by atoms with Crippen LogP contribution < -0.4 is 0 Å². The first kappa shape index (κ1) is 18.6. The van der Waals surface area contributed by atoms with Gasteiger partial charge >= 0.3 is 0 Å². The minimum atomic E-state index is 0.0918. The van der Waals surface area contributed by atoms with Crippen LogP contribution >= 0.6 is 11.8 Å². The molecule has 1 aromatic heterocycles. The highest BCUT2D eigenvalue weighted by atomic mass is 32.2. The van der Waals surface area contributed by atoms with Crippen LogP contribution in [0.25, 0.3) is 11.3 Å². The normalized spacial score (nSPS) is 21.8. The van der Waals surface area contributed by atoms with Crippen molar-refractivity contribution in [1.82, 2.24) is 20.0 Å². The molecular formula is C21H28N4OS. The Kier molecular flexibility index (Phi) is 6.14. The first-order chi connectivity index (χ1) is 13.3. The van der Waals surface area contributed by atoms with Crippen molar-refractivity contribution in [2.75, 3.05) is 37.7 Å². The van der Waals surface area contributed by atoms with Crippen LogP contribution in [-0.4, -0.2) is 69.6 Å². The molecule has 1 N–H and O–H groups in total. The maximum atomic E-state index is 13.3. The van der Waals surface area contributed by atoms with E-state index in [1.165, 1.54) is 32.4 Å². The molecule has 3 heterocycles. The molecule has 0 aliphatic carbocycles. The highest BCUT2D eigenvalue weighted by molar-refractivity contribution is 7.99. The van der Waals surface area contributed by atoms with E-state index >= 15 is 0 Å². The van der Waals surface area contributed by atoms with Crippen LogP contribution in [0.1, 0.15) is 36.2 Å². The second-order valence-electron chi connectivity index (χ2n) is 7.47. The van der Waals surface area contributed by atoms with Gasteiger partial charge in [0.25, 0.3) is 5.91 Å². The third-order valence-corrected chi connectivity index (χ3v) is 6.69. The maximum absolute atomic E-state index is 13.3. The number of rotatable bonds is 4. The third kappa shape index (κ3) is 4.55. The molecule has 27 heavy (non-hydrogen) atoms. The molecule has 0 bridgehead atoms. The van der Waals surface area contributed by atoms with Crippen LogP contribution in [-0.2, 0) is 0 Å². The molecule has 2 fully saturated rings. The summed E-state index contributed by atoms with van der Waals surface area (Å²) >= 11 is 1.98. The number of aromatic amines is 1. The number of thioether (sulfide) groups is 1. The smallest absolute Gasteiger partial charge is 0.272 e. The number of carbonyl (C=O) groups excluding carboxylic acids is 1. The fourth-order valence-electron chi connectivity index (χ4n) is 4.03. The summed E-state index contributed by atoms with van der Waals surface area (Å²) in [6, 6.07) is 12.2. The van der Waals surface area contributed by atoms with Gasteiger partial charge in [0.1, 0.15) is 5.69 Å². The van der Waals surface area contributed by atoms with Crippen molar-refractivity contribution in [3.05, 3.63) is 42.1 Å². The van der Waals surface area contributed by atoms with Crippen molar-refractivity contribution in [1.29, 1.82) is 0 Å². The molecule has 2 aromatic rings. The van der Waals surface area contributed by atoms with Gasteiger partial charge in [0.05, 0.1) is 11.7 Å². The number of benzene rings is 1. The summed E-state index contributed by atoms with van der Waals surface area (Å²) in [5, 5.41) is 7.36. The van der Waals surface area contributed by atoms with Gasteiger partial charge in [-0.05, 0) is 44.2 Å². The van der Waals surface area contributed by atoms with Gasteiger partial charge in [0.15, 0.2) is 0 Å². The van der Waals surface area contributed by atoms with Crippen LogP contribution in [0.15, 0.2) is 36.4 Å². The summed E-state index contributed by atoms with van der Waals surface area (Å²) in [4.78, 5) is 17.9. The van der Waals surface area contributed by atoms with Crippen LogP contribution in [0.2, 0.25) is 0 Å². The summed E-state index contributed by atoms with van der Waals surface area (Å²) in [6.45, 7) is 4.18. The third-order valence-electron chi connectivity index (χ3n) is 5.50. The number of carbonyl (C=O) groups is 1. The monoisotopic (exact) mass is 384 g/mol.